The van der Waals surface area contributed by atoms with Crippen LogP contribution >= 0.6 is 0 Å². The molecule has 1 aromatic carbocycles. The van der Waals surface area contributed by atoms with E-state index < -0.39 is 0 Å². The number of aromatic nitrogens is 2. The maximum Gasteiger partial charge on any atom is 0.254 e. The van der Waals surface area contributed by atoms with E-state index in [-0.39, 0.29) is 5.91 Å². The molecule has 0 bridgehead atoms. The molecule has 5 nitrogen and oxygen atoms in total. The van der Waals surface area contributed by atoms with Crippen molar-refractivity contribution in [1.82, 2.24) is 19.6 Å². The predicted octanol–water partition coefficient (Wildman–Crippen LogP) is 2.66. The molecule has 0 aliphatic carbocycles. The molecule has 25 heavy (non-hydrogen) atoms. The van der Waals surface area contributed by atoms with Gasteiger partial charge >= 0.3 is 0 Å². The summed E-state index contributed by atoms with van der Waals surface area (Å²) in [6.07, 6.45) is 1.02. The summed E-state index contributed by atoms with van der Waals surface area (Å²) >= 11 is 0. The SMILES string of the molecule is Cc1cc(C)n(CCN2CCCN(C(=O)c3ccccc3C)CC2)n1. The van der Waals surface area contributed by atoms with E-state index >= 15 is 0 Å². The Morgan fingerprint density at radius 3 is 2.56 bits per heavy atom. The Hall–Kier alpha value is -2.14. The molecule has 1 amide bonds. The topological polar surface area (TPSA) is 41.4 Å². The first-order valence-electron chi connectivity index (χ1n) is 9.13. The Morgan fingerprint density at radius 1 is 1.04 bits per heavy atom. The highest BCUT2D eigenvalue weighted by Gasteiger charge is 2.21. The van der Waals surface area contributed by atoms with Gasteiger partial charge < -0.3 is 4.90 Å². The Balaban J connectivity index is 1.56. The molecule has 0 atom stereocenters. The van der Waals surface area contributed by atoms with Gasteiger partial charge in [0, 0.05) is 37.4 Å². The lowest BCUT2D eigenvalue weighted by Gasteiger charge is -2.22. The maximum absolute atomic E-state index is 12.8. The van der Waals surface area contributed by atoms with Gasteiger partial charge in [-0.2, -0.15) is 5.10 Å². The van der Waals surface area contributed by atoms with Crippen molar-refractivity contribution >= 4 is 5.91 Å². The molecule has 0 N–H and O–H groups in total. The van der Waals surface area contributed by atoms with Crippen molar-refractivity contribution in [3.8, 4) is 0 Å². The van der Waals surface area contributed by atoms with E-state index in [1.807, 2.05) is 43.0 Å². The van der Waals surface area contributed by atoms with Crippen LogP contribution in [0.5, 0.6) is 0 Å². The number of benzene rings is 1. The second-order valence-electron chi connectivity index (χ2n) is 6.95. The predicted molar refractivity (Wildman–Crippen MR) is 99.8 cm³/mol. The van der Waals surface area contributed by atoms with Gasteiger partial charge in [-0.05, 0) is 51.4 Å². The molecule has 1 aliphatic heterocycles. The van der Waals surface area contributed by atoms with Crippen LogP contribution in [0.1, 0.15) is 33.7 Å². The molecular formula is C20H28N4O. The summed E-state index contributed by atoms with van der Waals surface area (Å²) in [4.78, 5) is 17.3. The van der Waals surface area contributed by atoms with Crippen LogP contribution in [0.4, 0.5) is 0 Å². The molecule has 1 saturated heterocycles. The lowest BCUT2D eigenvalue weighted by Crippen LogP contribution is -2.36. The monoisotopic (exact) mass is 340 g/mol. The van der Waals surface area contributed by atoms with Gasteiger partial charge in [-0.25, -0.2) is 0 Å². The third-order valence-corrected chi connectivity index (χ3v) is 4.98. The number of hydrogen-bond donors (Lipinski definition) is 0. The smallest absolute Gasteiger partial charge is 0.254 e. The van der Waals surface area contributed by atoms with Crippen molar-refractivity contribution in [3.63, 3.8) is 0 Å². The van der Waals surface area contributed by atoms with Crippen molar-refractivity contribution in [1.29, 1.82) is 0 Å². The number of hydrogen-bond acceptors (Lipinski definition) is 3. The Morgan fingerprint density at radius 2 is 1.84 bits per heavy atom. The summed E-state index contributed by atoms with van der Waals surface area (Å²) in [5.41, 5.74) is 4.17. The Kier molecular flexibility index (Phi) is 5.53. The molecule has 1 aromatic heterocycles. The minimum Gasteiger partial charge on any atom is -0.337 e. The molecule has 2 aromatic rings. The molecule has 0 spiro atoms. The fraction of sp³-hybridized carbons (Fsp3) is 0.500. The highest BCUT2D eigenvalue weighted by Crippen LogP contribution is 2.13. The van der Waals surface area contributed by atoms with Crippen LogP contribution in [0.3, 0.4) is 0 Å². The molecule has 0 unspecified atom stereocenters. The molecule has 5 heteroatoms. The first-order valence-corrected chi connectivity index (χ1v) is 9.13. The van der Waals surface area contributed by atoms with E-state index in [0.29, 0.717) is 0 Å². The zero-order valence-electron chi connectivity index (χ0n) is 15.5. The van der Waals surface area contributed by atoms with Crippen molar-refractivity contribution in [2.45, 2.75) is 33.7 Å². The molecule has 3 rings (SSSR count). The first kappa shape index (κ1) is 17.7. The second-order valence-corrected chi connectivity index (χ2v) is 6.95. The van der Waals surface area contributed by atoms with Crippen LogP contribution < -0.4 is 0 Å². The number of carbonyl (C=O) groups is 1. The van der Waals surface area contributed by atoms with Gasteiger partial charge in [0.2, 0.25) is 0 Å². The van der Waals surface area contributed by atoms with Crippen molar-refractivity contribution in [3.05, 3.63) is 52.8 Å². The number of amides is 1. The number of nitrogens with zero attached hydrogens (tertiary/aromatic N) is 4. The summed E-state index contributed by atoms with van der Waals surface area (Å²) in [5.74, 6) is 0.165. The van der Waals surface area contributed by atoms with Crippen LogP contribution in [0.25, 0.3) is 0 Å². The molecule has 1 fully saturated rings. The number of aryl methyl sites for hydroxylation is 3. The normalized spacial score (nSPS) is 16.0. The van der Waals surface area contributed by atoms with Crippen LogP contribution in [-0.4, -0.2) is 58.2 Å². The van der Waals surface area contributed by atoms with Crippen LogP contribution in [0, 0.1) is 20.8 Å². The van der Waals surface area contributed by atoms with Gasteiger partial charge in [0.05, 0.1) is 12.2 Å². The summed E-state index contributed by atoms with van der Waals surface area (Å²) in [5, 5.41) is 4.54. The fourth-order valence-corrected chi connectivity index (χ4v) is 3.52. The summed E-state index contributed by atoms with van der Waals surface area (Å²) in [6.45, 7) is 11.6. The third-order valence-electron chi connectivity index (χ3n) is 4.98. The maximum atomic E-state index is 12.8. The minimum absolute atomic E-state index is 0.165. The average Bonchev–Trinajstić information content (AvgIpc) is 2.78. The van der Waals surface area contributed by atoms with Gasteiger partial charge in [0.15, 0.2) is 0 Å². The van der Waals surface area contributed by atoms with Crippen LogP contribution in [0.15, 0.2) is 30.3 Å². The Bertz CT molecular complexity index is 737. The zero-order valence-corrected chi connectivity index (χ0v) is 15.5. The Labute approximate surface area is 150 Å². The second kappa shape index (κ2) is 7.83. The molecule has 0 saturated carbocycles. The van der Waals surface area contributed by atoms with Gasteiger partial charge in [-0.3, -0.25) is 14.4 Å². The molecular weight excluding hydrogens is 312 g/mol. The summed E-state index contributed by atoms with van der Waals surface area (Å²) < 4.78 is 2.08. The highest BCUT2D eigenvalue weighted by molar-refractivity contribution is 5.95. The minimum atomic E-state index is 0.165. The highest BCUT2D eigenvalue weighted by atomic mass is 16.2. The average molecular weight is 340 g/mol. The van der Waals surface area contributed by atoms with E-state index in [4.69, 9.17) is 0 Å². The van der Waals surface area contributed by atoms with Crippen LogP contribution in [0.2, 0.25) is 0 Å². The molecule has 2 heterocycles. The largest absolute Gasteiger partial charge is 0.337 e. The van der Waals surface area contributed by atoms with Crippen molar-refractivity contribution < 1.29 is 4.79 Å². The van der Waals surface area contributed by atoms with E-state index in [9.17, 15) is 4.79 Å². The zero-order chi connectivity index (χ0) is 17.8. The van der Waals surface area contributed by atoms with E-state index in [1.54, 1.807) is 0 Å². The number of carbonyl (C=O) groups excluding carboxylic acids is 1. The fourth-order valence-electron chi connectivity index (χ4n) is 3.52. The molecule has 0 radical (unpaired) electrons. The number of rotatable bonds is 4. The quantitative estimate of drug-likeness (QED) is 0.859. The van der Waals surface area contributed by atoms with E-state index in [2.05, 4.69) is 27.7 Å². The summed E-state index contributed by atoms with van der Waals surface area (Å²) in [7, 11) is 0. The van der Waals surface area contributed by atoms with Crippen molar-refractivity contribution in [2.24, 2.45) is 0 Å². The summed E-state index contributed by atoms with van der Waals surface area (Å²) in [6, 6.07) is 9.98. The van der Waals surface area contributed by atoms with Gasteiger partial charge in [-0.1, -0.05) is 18.2 Å². The standard InChI is InChI=1S/C20H28N4O/c1-16-7-4-5-8-19(16)20(25)23-10-6-9-22(11-13-23)12-14-24-18(3)15-17(2)21-24/h4-5,7-8,15H,6,9-14H2,1-3H3. The van der Waals surface area contributed by atoms with E-state index in [1.165, 1.54) is 5.69 Å². The van der Waals surface area contributed by atoms with Gasteiger partial charge in [0.25, 0.3) is 5.91 Å². The molecule has 134 valence electrons. The lowest BCUT2D eigenvalue weighted by atomic mass is 10.1. The van der Waals surface area contributed by atoms with Gasteiger partial charge in [0.1, 0.15) is 0 Å². The molecule has 1 aliphatic rings. The van der Waals surface area contributed by atoms with Gasteiger partial charge in [-0.15, -0.1) is 0 Å². The lowest BCUT2D eigenvalue weighted by molar-refractivity contribution is 0.0760. The third kappa shape index (κ3) is 4.28. The van der Waals surface area contributed by atoms with Crippen LogP contribution in [-0.2, 0) is 6.54 Å². The first-order chi connectivity index (χ1) is 12.0. The van der Waals surface area contributed by atoms with Crippen molar-refractivity contribution in [2.75, 3.05) is 32.7 Å². The van der Waals surface area contributed by atoms with E-state index in [0.717, 1.165) is 62.5 Å².